The molecule has 0 aliphatic rings. The summed E-state index contributed by atoms with van der Waals surface area (Å²) in [4.78, 5) is 16.4. The molecule has 0 saturated heterocycles. The van der Waals surface area contributed by atoms with Crippen molar-refractivity contribution in [3.63, 3.8) is 0 Å². The molecule has 0 saturated carbocycles. The van der Waals surface area contributed by atoms with Crippen LogP contribution in [0.5, 0.6) is 0 Å². The van der Waals surface area contributed by atoms with Crippen LogP contribution >= 0.6 is 0 Å². The number of hydrogen-bond donors (Lipinski definition) is 1. The molecule has 1 aromatic heterocycles. The van der Waals surface area contributed by atoms with Gasteiger partial charge < -0.3 is 10.1 Å². The molecule has 279 valence electrons. The van der Waals surface area contributed by atoms with Gasteiger partial charge in [-0.15, -0.1) is 34.9 Å². The molecule has 6 aromatic rings. The molecule has 5 aromatic carbocycles. The maximum Gasteiger partial charge on any atom is 0.164 e. The molecule has 3 nitrogen and oxygen atoms in total. The first-order chi connectivity index (χ1) is 24.4. The van der Waals surface area contributed by atoms with Gasteiger partial charge in [0, 0.05) is 43.2 Å². The first kappa shape index (κ1) is 41.6. The quantitative estimate of drug-likeness (QED) is 0.0785. The van der Waals surface area contributed by atoms with Gasteiger partial charge >= 0.3 is 0 Å². The second-order valence-electron chi connectivity index (χ2n) is 17.1. The number of carbonyl (C=O) groups is 1. The van der Waals surface area contributed by atoms with Crippen molar-refractivity contribution >= 4 is 38.1 Å². The van der Waals surface area contributed by atoms with Gasteiger partial charge in [0.05, 0.1) is 0 Å². The Morgan fingerprint density at radius 1 is 0.642 bits per heavy atom. The van der Waals surface area contributed by atoms with Crippen molar-refractivity contribution in [2.45, 2.75) is 101 Å². The van der Waals surface area contributed by atoms with Crippen LogP contribution in [-0.4, -0.2) is 15.9 Å². The number of aliphatic hydroxyl groups is 1. The van der Waals surface area contributed by atoms with Crippen LogP contribution in [0.2, 0.25) is 0 Å². The van der Waals surface area contributed by atoms with Crippen LogP contribution in [0.25, 0.3) is 54.7 Å². The van der Waals surface area contributed by atoms with Crippen molar-refractivity contribution in [1.82, 2.24) is 4.98 Å². The van der Waals surface area contributed by atoms with Crippen molar-refractivity contribution in [2.75, 3.05) is 0 Å². The van der Waals surface area contributed by atoms with Crippen LogP contribution in [0.1, 0.15) is 118 Å². The van der Waals surface area contributed by atoms with E-state index in [0.29, 0.717) is 17.8 Å². The number of benzene rings is 5. The number of nitrogens with zero attached hydrogens (tertiary/aromatic N) is 1. The molecule has 0 bridgehead atoms. The summed E-state index contributed by atoms with van der Waals surface area (Å²) in [5.41, 5.74) is 7.91. The number of carbonyl (C=O) groups excluding carboxylic acids is 1. The third-order valence-corrected chi connectivity index (χ3v) is 9.89. The van der Waals surface area contributed by atoms with Crippen molar-refractivity contribution in [1.29, 1.82) is 0 Å². The maximum absolute atomic E-state index is 11.5. The van der Waals surface area contributed by atoms with Crippen molar-refractivity contribution in [3.8, 4) is 22.4 Å². The Labute approximate surface area is 331 Å². The second-order valence-corrected chi connectivity index (χ2v) is 17.1. The van der Waals surface area contributed by atoms with Crippen LogP contribution < -0.4 is 0 Å². The fourth-order valence-electron chi connectivity index (χ4n) is 6.47. The molecule has 0 spiro atoms. The molecule has 0 unspecified atom stereocenters. The van der Waals surface area contributed by atoms with E-state index in [1.165, 1.54) is 66.2 Å². The van der Waals surface area contributed by atoms with E-state index in [1.807, 2.05) is 47.7 Å². The molecule has 1 heterocycles. The van der Waals surface area contributed by atoms with E-state index < -0.39 is 5.41 Å². The monoisotopic (exact) mass is 883 g/mol. The van der Waals surface area contributed by atoms with E-state index in [1.54, 1.807) is 0 Å². The van der Waals surface area contributed by atoms with Crippen LogP contribution in [0.15, 0.2) is 103 Å². The van der Waals surface area contributed by atoms with Crippen molar-refractivity contribution < 1.29 is 30.0 Å². The average molecular weight is 883 g/mol. The van der Waals surface area contributed by atoms with E-state index in [9.17, 15) is 9.90 Å². The molecule has 0 amide bonds. The summed E-state index contributed by atoms with van der Waals surface area (Å²) >= 11 is 0. The Morgan fingerprint density at radius 3 is 1.83 bits per heavy atom. The molecular weight excluding hydrogens is 827 g/mol. The standard InChI is InChI=1S/C38H36N.C11H20O2.Ir/c1-23(2)26-19-27(24(3)4)21-28(20-26)38-35-16-15-33-31-13-9-10-14-32(31)36(22-37(33)34(35)17-18-39-38)30-12-8-7-11-29(30)25(5)6;1-10(2,3)8(12)7-9(13)11(4,5)6;/h7-20,22-25H,1-6H3;7,12H,1-6H3;/q-1;;/b;8-7-;. The van der Waals surface area contributed by atoms with Crippen LogP contribution in [0.3, 0.4) is 0 Å². The molecule has 0 aliphatic heterocycles. The van der Waals surface area contributed by atoms with Crippen LogP contribution in [0.4, 0.5) is 0 Å². The third-order valence-electron chi connectivity index (χ3n) is 9.89. The summed E-state index contributed by atoms with van der Waals surface area (Å²) in [6, 6.07) is 35.2. The first-order valence-corrected chi connectivity index (χ1v) is 18.7. The molecule has 0 atom stereocenters. The Morgan fingerprint density at radius 2 is 1.23 bits per heavy atom. The molecule has 0 fully saturated rings. The summed E-state index contributed by atoms with van der Waals surface area (Å²) in [6.45, 7) is 24.7. The molecule has 0 aliphatic carbocycles. The summed E-state index contributed by atoms with van der Waals surface area (Å²) in [7, 11) is 0. The van der Waals surface area contributed by atoms with Gasteiger partial charge in [0.15, 0.2) is 5.78 Å². The average Bonchev–Trinajstić information content (AvgIpc) is 3.10. The maximum atomic E-state index is 11.5. The van der Waals surface area contributed by atoms with E-state index in [4.69, 9.17) is 4.98 Å². The number of aromatic nitrogens is 1. The molecule has 1 radical (unpaired) electrons. The van der Waals surface area contributed by atoms with Gasteiger partial charge in [-0.25, -0.2) is 0 Å². The minimum absolute atomic E-state index is 0. The zero-order valence-corrected chi connectivity index (χ0v) is 36.0. The number of rotatable bonds is 6. The minimum Gasteiger partial charge on any atom is -0.512 e. The van der Waals surface area contributed by atoms with Crippen LogP contribution in [0, 0.1) is 16.9 Å². The fraction of sp³-hybridized carbons (Fsp3) is 0.347. The van der Waals surface area contributed by atoms with Gasteiger partial charge in [0.1, 0.15) is 5.76 Å². The topological polar surface area (TPSA) is 50.2 Å². The number of pyridine rings is 1. The van der Waals surface area contributed by atoms with Gasteiger partial charge in [-0.05, 0) is 84.6 Å². The Balaban J connectivity index is 0.000000386. The van der Waals surface area contributed by atoms with Crippen molar-refractivity contribution in [2.24, 2.45) is 10.8 Å². The van der Waals surface area contributed by atoms with Gasteiger partial charge in [-0.2, -0.15) is 0 Å². The first-order valence-electron chi connectivity index (χ1n) is 18.7. The summed E-state index contributed by atoms with van der Waals surface area (Å²) in [6.07, 6.45) is 3.30. The Bertz CT molecular complexity index is 2250. The molecule has 4 heteroatoms. The molecule has 53 heavy (non-hydrogen) atoms. The fourth-order valence-corrected chi connectivity index (χ4v) is 6.47. The summed E-state index contributed by atoms with van der Waals surface area (Å²) in [5.74, 6) is 1.40. The number of aliphatic hydroxyl groups excluding tert-OH is 1. The molecule has 1 N–H and O–H groups in total. The third kappa shape index (κ3) is 9.17. The van der Waals surface area contributed by atoms with Gasteiger partial charge in [-0.3, -0.25) is 4.79 Å². The van der Waals surface area contributed by atoms with E-state index in [-0.39, 0.29) is 37.1 Å². The largest absolute Gasteiger partial charge is 0.512 e. The summed E-state index contributed by atoms with van der Waals surface area (Å²) in [5, 5.41) is 17.1. The zero-order chi connectivity index (χ0) is 38.1. The van der Waals surface area contributed by atoms with Crippen LogP contribution in [-0.2, 0) is 24.9 Å². The zero-order valence-electron chi connectivity index (χ0n) is 33.6. The summed E-state index contributed by atoms with van der Waals surface area (Å²) < 4.78 is 0. The number of ketones is 1. The second kappa shape index (κ2) is 16.5. The normalized spacial score (nSPS) is 12.4. The smallest absolute Gasteiger partial charge is 0.164 e. The number of hydrogen-bond acceptors (Lipinski definition) is 3. The predicted molar refractivity (Wildman–Crippen MR) is 223 cm³/mol. The van der Waals surface area contributed by atoms with E-state index in [2.05, 4.69) is 133 Å². The van der Waals surface area contributed by atoms with Gasteiger partial charge in [0.25, 0.3) is 0 Å². The predicted octanol–water partition coefficient (Wildman–Crippen LogP) is 14.1. The van der Waals surface area contributed by atoms with E-state index in [0.717, 1.165) is 11.3 Å². The number of allylic oxidation sites excluding steroid dienone is 2. The SMILES string of the molecule is CC(C)(C)C(=O)/C=C(\O)C(C)(C)C.CC(C)c1[c-]c(-c2nccc3c2ccc2c4ccccc4c(-c4ccccc4C(C)C)cc32)cc(C(C)C)c1.[Ir]. The Kier molecular flexibility index (Phi) is 13.0. The van der Waals surface area contributed by atoms with Crippen molar-refractivity contribution in [3.05, 3.63) is 126 Å². The van der Waals surface area contributed by atoms with Gasteiger partial charge in [0.2, 0.25) is 0 Å². The molecular formula is C49H56IrNO2-. The number of fused-ring (bicyclic) bond motifs is 5. The van der Waals surface area contributed by atoms with Gasteiger partial charge in [-0.1, -0.05) is 144 Å². The molecule has 6 rings (SSSR count). The Hall–Kier alpha value is -4.11. The minimum atomic E-state index is -0.417. The van der Waals surface area contributed by atoms with E-state index >= 15 is 0 Å².